The second-order valence-electron chi connectivity index (χ2n) is 3.93. The molecule has 1 nitrogen and oxygen atoms in total. The van der Waals surface area contributed by atoms with Crippen molar-refractivity contribution >= 4 is 28.4 Å². The summed E-state index contributed by atoms with van der Waals surface area (Å²) in [5, 5.41) is -0.508. The van der Waals surface area contributed by atoms with E-state index in [1.54, 1.807) is 0 Å². The van der Waals surface area contributed by atoms with E-state index in [2.05, 4.69) is 51.1 Å². The highest BCUT2D eigenvalue weighted by atomic mass is 35.5. The van der Waals surface area contributed by atoms with Crippen molar-refractivity contribution in [2.24, 2.45) is 5.92 Å². The normalized spacial score (nSPS) is 11.6. The molecule has 16 heavy (non-hydrogen) atoms. The Hall–Kier alpha value is -0.530. The van der Waals surface area contributed by atoms with Crippen LogP contribution in [0.15, 0.2) is 30.3 Å². The zero-order valence-corrected chi connectivity index (χ0v) is 11.4. The Bertz CT molecular complexity index is 296. The standard InChI is InChI=1S/C11H16.C2H2Cl2O/c1-9(2)10(3)11-7-5-4-6-8-11;3-1-2(4)5/h4-10H,1-3H3;1H2. The van der Waals surface area contributed by atoms with Crippen LogP contribution in [0.3, 0.4) is 0 Å². The van der Waals surface area contributed by atoms with E-state index < -0.39 is 5.24 Å². The van der Waals surface area contributed by atoms with Crippen molar-refractivity contribution in [3.8, 4) is 0 Å². The average molecular weight is 261 g/mol. The maximum Gasteiger partial charge on any atom is 0.236 e. The van der Waals surface area contributed by atoms with Crippen LogP contribution in [0.2, 0.25) is 0 Å². The maximum absolute atomic E-state index is 9.45. The third-order valence-electron chi connectivity index (χ3n) is 2.43. The lowest BCUT2D eigenvalue weighted by Crippen LogP contribution is -2.00. The van der Waals surface area contributed by atoms with E-state index in [4.69, 9.17) is 23.2 Å². The Balaban J connectivity index is 0.000000385. The summed E-state index contributed by atoms with van der Waals surface area (Å²) in [4.78, 5) is 9.45. The molecule has 1 aromatic rings. The van der Waals surface area contributed by atoms with Crippen LogP contribution in [0.4, 0.5) is 0 Å². The Kier molecular flexibility index (Phi) is 8.32. The van der Waals surface area contributed by atoms with Gasteiger partial charge in [0, 0.05) is 0 Å². The van der Waals surface area contributed by atoms with Gasteiger partial charge in [-0.25, -0.2) is 0 Å². The van der Waals surface area contributed by atoms with Gasteiger partial charge < -0.3 is 0 Å². The molecule has 0 saturated carbocycles. The highest BCUT2D eigenvalue weighted by Gasteiger charge is 2.07. The van der Waals surface area contributed by atoms with Crippen molar-refractivity contribution in [2.75, 3.05) is 5.88 Å². The molecule has 0 N–H and O–H groups in total. The molecule has 0 spiro atoms. The van der Waals surface area contributed by atoms with Gasteiger partial charge in [-0.3, -0.25) is 4.79 Å². The smallest absolute Gasteiger partial charge is 0.236 e. The Morgan fingerprint density at radius 3 is 1.94 bits per heavy atom. The largest absolute Gasteiger partial charge is 0.280 e. The van der Waals surface area contributed by atoms with E-state index in [0.29, 0.717) is 5.92 Å². The second-order valence-corrected chi connectivity index (χ2v) is 4.62. The zero-order chi connectivity index (χ0) is 12.6. The van der Waals surface area contributed by atoms with Crippen LogP contribution >= 0.6 is 23.2 Å². The topological polar surface area (TPSA) is 17.1 Å². The van der Waals surface area contributed by atoms with Gasteiger partial charge in [-0.15, -0.1) is 11.6 Å². The molecular weight excluding hydrogens is 243 g/mol. The van der Waals surface area contributed by atoms with Crippen molar-refractivity contribution in [2.45, 2.75) is 26.7 Å². The number of carbonyl (C=O) groups is 1. The van der Waals surface area contributed by atoms with E-state index in [0.717, 1.165) is 5.92 Å². The van der Waals surface area contributed by atoms with E-state index >= 15 is 0 Å². The highest BCUT2D eigenvalue weighted by Crippen LogP contribution is 2.22. The van der Waals surface area contributed by atoms with Crippen molar-refractivity contribution in [3.63, 3.8) is 0 Å². The lowest BCUT2D eigenvalue weighted by Gasteiger charge is -2.15. The minimum atomic E-state index is -0.508. The van der Waals surface area contributed by atoms with Crippen LogP contribution < -0.4 is 0 Å². The Morgan fingerprint density at radius 1 is 1.19 bits per heavy atom. The summed E-state index contributed by atoms with van der Waals surface area (Å²) in [6.07, 6.45) is 0. The summed E-state index contributed by atoms with van der Waals surface area (Å²) in [5.74, 6) is 1.32. The molecule has 1 atom stereocenters. The predicted octanol–water partition coefficient (Wildman–Crippen LogP) is 4.44. The first kappa shape index (κ1) is 15.5. The molecule has 0 heterocycles. The van der Waals surface area contributed by atoms with Gasteiger partial charge in [0.15, 0.2) is 0 Å². The van der Waals surface area contributed by atoms with Crippen molar-refractivity contribution in [1.82, 2.24) is 0 Å². The number of hydrogen-bond donors (Lipinski definition) is 0. The molecule has 0 bridgehead atoms. The lowest BCUT2D eigenvalue weighted by molar-refractivity contribution is -0.109. The van der Waals surface area contributed by atoms with Gasteiger partial charge in [0.2, 0.25) is 5.24 Å². The van der Waals surface area contributed by atoms with E-state index in [1.165, 1.54) is 5.56 Å². The molecule has 1 rings (SSSR count). The van der Waals surface area contributed by atoms with E-state index in [9.17, 15) is 4.79 Å². The van der Waals surface area contributed by atoms with Gasteiger partial charge in [0.25, 0.3) is 0 Å². The van der Waals surface area contributed by atoms with Crippen LogP contribution in [0.25, 0.3) is 0 Å². The molecule has 0 aliphatic heterocycles. The highest BCUT2D eigenvalue weighted by molar-refractivity contribution is 6.67. The third-order valence-corrected chi connectivity index (χ3v) is 2.94. The van der Waals surface area contributed by atoms with Gasteiger partial charge in [-0.05, 0) is 29.0 Å². The summed E-state index contributed by atoms with van der Waals surface area (Å²) < 4.78 is 0. The number of carbonyl (C=O) groups excluding carboxylic acids is 1. The van der Waals surface area contributed by atoms with Gasteiger partial charge in [0.05, 0.1) is 5.88 Å². The summed E-state index contributed by atoms with van der Waals surface area (Å²) >= 11 is 9.55. The van der Waals surface area contributed by atoms with E-state index in [1.807, 2.05) is 0 Å². The van der Waals surface area contributed by atoms with Crippen LogP contribution in [0, 0.1) is 5.92 Å². The number of rotatable bonds is 3. The van der Waals surface area contributed by atoms with Gasteiger partial charge in [0.1, 0.15) is 0 Å². The number of alkyl halides is 1. The predicted molar refractivity (Wildman–Crippen MR) is 71.3 cm³/mol. The fourth-order valence-electron chi connectivity index (χ4n) is 1.14. The van der Waals surface area contributed by atoms with Gasteiger partial charge in [-0.2, -0.15) is 0 Å². The lowest BCUT2D eigenvalue weighted by atomic mass is 9.91. The Morgan fingerprint density at radius 2 is 1.62 bits per heavy atom. The molecule has 0 fully saturated rings. The number of halogens is 2. The Labute approximate surface area is 108 Å². The van der Waals surface area contributed by atoms with Crippen LogP contribution in [0.5, 0.6) is 0 Å². The summed E-state index contributed by atoms with van der Waals surface area (Å²) in [7, 11) is 0. The van der Waals surface area contributed by atoms with Crippen LogP contribution in [-0.2, 0) is 4.79 Å². The summed E-state index contributed by atoms with van der Waals surface area (Å²) in [6, 6.07) is 10.7. The second kappa shape index (κ2) is 8.60. The molecule has 1 aromatic carbocycles. The van der Waals surface area contributed by atoms with Crippen molar-refractivity contribution in [1.29, 1.82) is 0 Å². The zero-order valence-electron chi connectivity index (χ0n) is 9.91. The molecule has 0 aromatic heterocycles. The van der Waals surface area contributed by atoms with Crippen molar-refractivity contribution in [3.05, 3.63) is 35.9 Å². The fourth-order valence-corrected chi connectivity index (χ4v) is 1.14. The SMILES string of the molecule is CC(C)C(C)c1ccccc1.O=C(Cl)CCl. The summed E-state index contributed by atoms with van der Waals surface area (Å²) in [5.41, 5.74) is 1.45. The third kappa shape index (κ3) is 6.86. The molecular formula is C13H18Cl2O. The maximum atomic E-state index is 9.45. The van der Waals surface area contributed by atoms with Crippen LogP contribution in [0.1, 0.15) is 32.3 Å². The van der Waals surface area contributed by atoms with Gasteiger partial charge in [-0.1, -0.05) is 51.1 Å². The minimum absolute atomic E-state index is 0.0957. The van der Waals surface area contributed by atoms with E-state index in [-0.39, 0.29) is 5.88 Å². The quantitative estimate of drug-likeness (QED) is 0.580. The number of hydrogen-bond acceptors (Lipinski definition) is 1. The van der Waals surface area contributed by atoms with Gasteiger partial charge >= 0.3 is 0 Å². The van der Waals surface area contributed by atoms with Crippen LogP contribution in [-0.4, -0.2) is 11.1 Å². The molecule has 0 saturated heterocycles. The molecule has 90 valence electrons. The molecule has 0 aliphatic carbocycles. The first-order chi connectivity index (χ1) is 7.49. The first-order valence-electron chi connectivity index (χ1n) is 5.28. The minimum Gasteiger partial charge on any atom is -0.280 e. The fraction of sp³-hybridized carbons (Fsp3) is 0.462. The average Bonchev–Trinajstić information content (AvgIpc) is 2.29. The monoisotopic (exact) mass is 260 g/mol. The number of benzene rings is 1. The molecule has 0 aliphatic rings. The first-order valence-corrected chi connectivity index (χ1v) is 6.19. The molecule has 0 radical (unpaired) electrons. The molecule has 3 heteroatoms. The van der Waals surface area contributed by atoms with Crippen molar-refractivity contribution < 1.29 is 4.79 Å². The molecule has 0 amide bonds. The molecule has 1 unspecified atom stereocenters. The summed E-state index contributed by atoms with van der Waals surface area (Å²) in [6.45, 7) is 6.80.